The summed E-state index contributed by atoms with van der Waals surface area (Å²) < 4.78 is 0. The topological polar surface area (TPSA) is 94.1 Å². The smallest absolute Gasteiger partial charge is 0.311 e. The first-order valence-electron chi connectivity index (χ1n) is 6.07. The highest BCUT2D eigenvalue weighted by Crippen LogP contribution is 2.27. The van der Waals surface area contributed by atoms with Crippen molar-refractivity contribution in [1.29, 1.82) is 0 Å². The summed E-state index contributed by atoms with van der Waals surface area (Å²) in [4.78, 5) is 14.7. The van der Waals surface area contributed by atoms with Crippen LogP contribution in [0, 0.1) is 17.0 Å². The molecule has 0 amide bonds. The number of pyridine rings is 1. The fourth-order valence-electron chi connectivity index (χ4n) is 1.81. The van der Waals surface area contributed by atoms with Crippen LogP contribution in [0.15, 0.2) is 12.3 Å². The van der Waals surface area contributed by atoms with E-state index in [0.717, 1.165) is 18.4 Å². The van der Waals surface area contributed by atoms with Crippen molar-refractivity contribution < 1.29 is 4.92 Å². The first kappa shape index (κ1) is 14.4. The molecule has 100 valence electrons. The minimum absolute atomic E-state index is 0.00488. The molecule has 1 heterocycles. The van der Waals surface area contributed by atoms with E-state index in [4.69, 9.17) is 5.73 Å². The maximum Gasteiger partial charge on any atom is 0.311 e. The molecule has 0 saturated heterocycles. The Kier molecular flexibility index (Phi) is 4.61. The first-order chi connectivity index (χ1) is 8.48. The Morgan fingerprint density at radius 3 is 2.56 bits per heavy atom. The number of aromatic nitrogens is 1. The molecule has 0 spiro atoms. The molecule has 0 aliphatic rings. The molecular formula is C12H20N4O2. The number of nitro groups is 1. The van der Waals surface area contributed by atoms with E-state index in [9.17, 15) is 10.1 Å². The van der Waals surface area contributed by atoms with Gasteiger partial charge in [0.2, 0.25) is 5.82 Å². The summed E-state index contributed by atoms with van der Waals surface area (Å²) in [5, 5.41) is 14.2. The molecule has 0 bridgehead atoms. The molecule has 6 heteroatoms. The van der Waals surface area contributed by atoms with Crippen molar-refractivity contribution in [3.05, 3.63) is 27.9 Å². The zero-order valence-corrected chi connectivity index (χ0v) is 11.1. The predicted molar refractivity (Wildman–Crippen MR) is 71.6 cm³/mol. The van der Waals surface area contributed by atoms with Crippen LogP contribution < -0.4 is 11.1 Å². The molecule has 6 nitrogen and oxygen atoms in total. The van der Waals surface area contributed by atoms with Gasteiger partial charge in [0.1, 0.15) is 0 Å². The number of nitrogens with two attached hydrogens (primary N) is 1. The maximum atomic E-state index is 11.0. The second-order valence-corrected chi connectivity index (χ2v) is 4.45. The van der Waals surface area contributed by atoms with Crippen LogP contribution >= 0.6 is 0 Å². The van der Waals surface area contributed by atoms with Gasteiger partial charge in [0, 0.05) is 18.8 Å². The van der Waals surface area contributed by atoms with Crippen LogP contribution in [0.2, 0.25) is 0 Å². The molecule has 0 aliphatic carbocycles. The SMILES string of the molecule is CCC(CC)(CN)Nc1ncc(C)cc1[N+](=O)[O-]. The Morgan fingerprint density at radius 2 is 2.11 bits per heavy atom. The van der Waals surface area contributed by atoms with E-state index in [1.54, 1.807) is 13.1 Å². The van der Waals surface area contributed by atoms with Crippen LogP contribution in [0.1, 0.15) is 32.3 Å². The van der Waals surface area contributed by atoms with Crippen LogP contribution in [0.4, 0.5) is 11.5 Å². The van der Waals surface area contributed by atoms with Crippen molar-refractivity contribution in [3.8, 4) is 0 Å². The summed E-state index contributed by atoms with van der Waals surface area (Å²) in [6.45, 7) is 6.19. The van der Waals surface area contributed by atoms with Crippen molar-refractivity contribution in [2.75, 3.05) is 11.9 Å². The fourth-order valence-corrected chi connectivity index (χ4v) is 1.81. The molecule has 0 fully saturated rings. The summed E-state index contributed by atoms with van der Waals surface area (Å²) >= 11 is 0. The molecule has 0 aromatic carbocycles. The van der Waals surface area contributed by atoms with Crippen molar-refractivity contribution in [2.24, 2.45) is 5.73 Å². The monoisotopic (exact) mass is 252 g/mol. The predicted octanol–water partition coefficient (Wildman–Crippen LogP) is 2.23. The van der Waals surface area contributed by atoms with E-state index in [1.807, 2.05) is 13.8 Å². The van der Waals surface area contributed by atoms with E-state index in [-0.39, 0.29) is 11.2 Å². The average molecular weight is 252 g/mol. The second-order valence-electron chi connectivity index (χ2n) is 4.45. The van der Waals surface area contributed by atoms with E-state index < -0.39 is 4.92 Å². The van der Waals surface area contributed by atoms with Gasteiger partial charge in [-0.1, -0.05) is 13.8 Å². The quantitative estimate of drug-likeness (QED) is 0.598. The third-order valence-electron chi connectivity index (χ3n) is 3.33. The molecule has 1 rings (SSSR count). The highest BCUT2D eigenvalue weighted by atomic mass is 16.6. The van der Waals surface area contributed by atoms with E-state index in [0.29, 0.717) is 12.4 Å². The molecule has 0 atom stereocenters. The van der Waals surface area contributed by atoms with Gasteiger partial charge < -0.3 is 11.1 Å². The van der Waals surface area contributed by atoms with Crippen LogP contribution in [-0.2, 0) is 0 Å². The summed E-state index contributed by atoms with van der Waals surface area (Å²) in [5.41, 5.74) is 6.19. The minimum atomic E-state index is -0.422. The van der Waals surface area contributed by atoms with Gasteiger partial charge in [-0.15, -0.1) is 0 Å². The standard InChI is InChI=1S/C12H20N4O2/c1-4-12(5-2,8-13)15-11-10(16(17)18)6-9(3)7-14-11/h6-7H,4-5,8,13H2,1-3H3,(H,14,15). The third kappa shape index (κ3) is 2.95. The second kappa shape index (κ2) is 5.77. The number of nitrogens with zero attached hydrogens (tertiary/aromatic N) is 2. The van der Waals surface area contributed by atoms with E-state index in [2.05, 4.69) is 10.3 Å². The summed E-state index contributed by atoms with van der Waals surface area (Å²) in [6, 6.07) is 1.52. The van der Waals surface area contributed by atoms with Crippen molar-refractivity contribution in [1.82, 2.24) is 4.98 Å². The largest absolute Gasteiger partial charge is 0.358 e. The van der Waals surface area contributed by atoms with Gasteiger partial charge >= 0.3 is 5.69 Å². The lowest BCUT2D eigenvalue weighted by molar-refractivity contribution is -0.384. The van der Waals surface area contributed by atoms with Gasteiger partial charge in [0.25, 0.3) is 0 Å². The van der Waals surface area contributed by atoms with Crippen LogP contribution in [0.25, 0.3) is 0 Å². The molecule has 1 aromatic heterocycles. The van der Waals surface area contributed by atoms with Gasteiger partial charge in [-0.3, -0.25) is 10.1 Å². The Bertz CT molecular complexity index is 422. The summed E-state index contributed by atoms with van der Waals surface area (Å²) in [6.07, 6.45) is 3.18. The zero-order chi connectivity index (χ0) is 13.8. The molecule has 1 aromatic rings. The van der Waals surface area contributed by atoms with Crippen LogP contribution in [-0.4, -0.2) is 22.0 Å². The van der Waals surface area contributed by atoms with E-state index >= 15 is 0 Å². The van der Waals surface area contributed by atoms with Crippen LogP contribution in [0.5, 0.6) is 0 Å². The summed E-state index contributed by atoms with van der Waals surface area (Å²) in [7, 11) is 0. The minimum Gasteiger partial charge on any atom is -0.358 e. The summed E-state index contributed by atoms with van der Waals surface area (Å²) in [5.74, 6) is 0.291. The van der Waals surface area contributed by atoms with Crippen molar-refractivity contribution in [2.45, 2.75) is 39.2 Å². The third-order valence-corrected chi connectivity index (χ3v) is 3.33. The lowest BCUT2D eigenvalue weighted by Crippen LogP contribution is -2.44. The molecule has 0 saturated carbocycles. The van der Waals surface area contributed by atoms with Crippen LogP contribution in [0.3, 0.4) is 0 Å². The van der Waals surface area contributed by atoms with E-state index in [1.165, 1.54) is 6.07 Å². The zero-order valence-electron chi connectivity index (χ0n) is 11.1. The lowest BCUT2D eigenvalue weighted by atomic mass is 9.93. The normalized spacial score (nSPS) is 11.3. The Hall–Kier alpha value is -1.69. The maximum absolute atomic E-state index is 11.0. The van der Waals surface area contributed by atoms with Gasteiger partial charge in [0.15, 0.2) is 0 Å². The molecule has 0 unspecified atom stereocenters. The number of nitrogens with one attached hydrogen (secondary N) is 1. The highest BCUT2D eigenvalue weighted by Gasteiger charge is 2.28. The molecule has 18 heavy (non-hydrogen) atoms. The van der Waals surface area contributed by atoms with Crippen molar-refractivity contribution >= 4 is 11.5 Å². The van der Waals surface area contributed by atoms with Gasteiger partial charge in [-0.2, -0.15) is 0 Å². The number of hydrogen-bond acceptors (Lipinski definition) is 5. The number of rotatable bonds is 6. The lowest BCUT2D eigenvalue weighted by Gasteiger charge is -2.31. The fraction of sp³-hybridized carbons (Fsp3) is 0.583. The van der Waals surface area contributed by atoms with Gasteiger partial charge in [0.05, 0.1) is 10.5 Å². The molecule has 0 aliphatic heterocycles. The van der Waals surface area contributed by atoms with Crippen molar-refractivity contribution in [3.63, 3.8) is 0 Å². The average Bonchev–Trinajstić information content (AvgIpc) is 2.37. The highest BCUT2D eigenvalue weighted by molar-refractivity contribution is 5.58. The Balaban J connectivity index is 3.13. The number of anilines is 1. The molecule has 0 radical (unpaired) electrons. The van der Waals surface area contributed by atoms with Gasteiger partial charge in [-0.05, 0) is 25.3 Å². The first-order valence-corrected chi connectivity index (χ1v) is 6.07. The molecule has 3 N–H and O–H groups in total. The Labute approximate surface area is 107 Å². The molecular weight excluding hydrogens is 232 g/mol. The van der Waals surface area contributed by atoms with Gasteiger partial charge in [-0.25, -0.2) is 4.98 Å². The number of hydrogen-bond donors (Lipinski definition) is 2. The Morgan fingerprint density at radius 1 is 1.50 bits per heavy atom. The number of aryl methyl sites for hydroxylation is 1.